The standard InChI is InChI=1S/C19H36O2.H3N/c1-5-7-8-9-10-11-12-13-14-15-16-18(17(3)4)19(20)21-6-2;/h5-16H2,1-4H3;1H3. The lowest BCUT2D eigenvalue weighted by Crippen LogP contribution is -2.09. The molecule has 22 heavy (non-hydrogen) atoms. The van der Waals surface area contributed by atoms with Crippen LogP contribution in [0.15, 0.2) is 11.1 Å². The molecule has 0 aliphatic carbocycles. The summed E-state index contributed by atoms with van der Waals surface area (Å²) in [4.78, 5) is 11.8. The Morgan fingerprint density at radius 1 is 0.773 bits per heavy atom. The number of ether oxygens (including phenoxy) is 1. The van der Waals surface area contributed by atoms with Crippen LogP contribution in [-0.4, -0.2) is 12.6 Å². The molecule has 0 saturated heterocycles. The Bertz CT molecular complexity index is 294. The maximum atomic E-state index is 11.8. The van der Waals surface area contributed by atoms with Crippen LogP contribution in [0.2, 0.25) is 0 Å². The summed E-state index contributed by atoms with van der Waals surface area (Å²) in [7, 11) is 0. The quantitative estimate of drug-likeness (QED) is 0.244. The number of esters is 1. The van der Waals surface area contributed by atoms with Crippen molar-refractivity contribution in [1.82, 2.24) is 6.15 Å². The molecule has 3 N–H and O–H groups in total. The number of carbonyl (C=O) groups is 1. The smallest absolute Gasteiger partial charge is 0.333 e. The van der Waals surface area contributed by atoms with Gasteiger partial charge in [0.25, 0.3) is 0 Å². The van der Waals surface area contributed by atoms with Gasteiger partial charge in [-0.1, -0.05) is 70.3 Å². The van der Waals surface area contributed by atoms with Gasteiger partial charge in [-0.05, 0) is 33.6 Å². The van der Waals surface area contributed by atoms with E-state index in [9.17, 15) is 4.79 Å². The highest BCUT2D eigenvalue weighted by molar-refractivity contribution is 5.89. The van der Waals surface area contributed by atoms with Crippen molar-refractivity contribution in [2.45, 2.75) is 98.3 Å². The molecule has 0 fully saturated rings. The number of allylic oxidation sites excluding steroid dienone is 1. The molecule has 0 unspecified atom stereocenters. The van der Waals surface area contributed by atoms with Crippen LogP contribution in [0, 0.1) is 0 Å². The Morgan fingerprint density at radius 2 is 1.23 bits per heavy atom. The first-order chi connectivity index (χ1) is 10.1. The van der Waals surface area contributed by atoms with E-state index in [0.717, 1.165) is 24.0 Å². The number of hydrogen-bond acceptors (Lipinski definition) is 3. The van der Waals surface area contributed by atoms with Crippen LogP contribution in [-0.2, 0) is 9.53 Å². The third-order valence-corrected chi connectivity index (χ3v) is 3.91. The van der Waals surface area contributed by atoms with Crippen LogP contribution in [0.1, 0.15) is 98.3 Å². The zero-order valence-electron chi connectivity index (χ0n) is 15.5. The fraction of sp³-hybridized carbons (Fsp3) is 0.842. The van der Waals surface area contributed by atoms with Crippen molar-refractivity contribution in [3.8, 4) is 0 Å². The first kappa shape index (κ1) is 23.4. The van der Waals surface area contributed by atoms with E-state index in [-0.39, 0.29) is 12.1 Å². The Labute approximate surface area is 138 Å². The summed E-state index contributed by atoms with van der Waals surface area (Å²) in [5.41, 5.74) is 1.99. The lowest BCUT2D eigenvalue weighted by Gasteiger charge is -2.09. The number of rotatable bonds is 13. The summed E-state index contributed by atoms with van der Waals surface area (Å²) in [5.74, 6) is -0.117. The molecule has 0 spiro atoms. The Kier molecular flexibility index (Phi) is 17.6. The van der Waals surface area contributed by atoms with E-state index >= 15 is 0 Å². The summed E-state index contributed by atoms with van der Waals surface area (Å²) in [6.45, 7) is 8.59. The lowest BCUT2D eigenvalue weighted by molar-refractivity contribution is -0.138. The minimum absolute atomic E-state index is 0. The van der Waals surface area contributed by atoms with Gasteiger partial charge in [0.2, 0.25) is 0 Å². The van der Waals surface area contributed by atoms with Gasteiger partial charge in [0.15, 0.2) is 0 Å². The number of hydrogen-bond donors (Lipinski definition) is 1. The third kappa shape index (κ3) is 12.9. The molecule has 0 aromatic carbocycles. The van der Waals surface area contributed by atoms with Crippen LogP contribution in [0.4, 0.5) is 0 Å². The van der Waals surface area contributed by atoms with Crippen molar-refractivity contribution in [3.63, 3.8) is 0 Å². The fourth-order valence-corrected chi connectivity index (χ4v) is 2.56. The van der Waals surface area contributed by atoms with Crippen molar-refractivity contribution in [3.05, 3.63) is 11.1 Å². The van der Waals surface area contributed by atoms with E-state index in [4.69, 9.17) is 4.74 Å². The van der Waals surface area contributed by atoms with Crippen molar-refractivity contribution < 1.29 is 9.53 Å². The number of carbonyl (C=O) groups excluding carboxylic acids is 1. The maximum Gasteiger partial charge on any atom is 0.333 e. The lowest BCUT2D eigenvalue weighted by atomic mass is 10.0. The molecule has 0 aliphatic heterocycles. The molecule has 0 amide bonds. The zero-order valence-corrected chi connectivity index (χ0v) is 15.5. The molecule has 0 aromatic heterocycles. The van der Waals surface area contributed by atoms with Crippen molar-refractivity contribution in [2.24, 2.45) is 0 Å². The van der Waals surface area contributed by atoms with Crippen LogP contribution in [0.25, 0.3) is 0 Å². The average Bonchev–Trinajstić information content (AvgIpc) is 2.44. The van der Waals surface area contributed by atoms with Gasteiger partial charge in [0, 0.05) is 5.57 Å². The molecule has 0 aliphatic rings. The summed E-state index contributed by atoms with van der Waals surface area (Å²) in [5, 5.41) is 0. The second-order valence-corrected chi connectivity index (χ2v) is 6.13. The van der Waals surface area contributed by atoms with Crippen molar-refractivity contribution >= 4 is 5.97 Å². The highest BCUT2D eigenvalue weighted by Gasteiger charge is 2.11. The van der Waals surface area contributed by atoms with Gasteiger partial charge in [0.1, 0.15) is 0 Å². The average molecular weight is 314 g/mol. The molecular weight excluding hydrogens is 274 g/mol. The first-order valence-electron chi connectivity index (χ1n) is 8.96. The highest BCUT2D eigenvalue weighted by atomic mass is 16.5. The van der Waals surface area contributed by atoms with Gasteiger partial charge in [-0.2, -0.15) is 0 Å². The summed E-state index contributed by atoms with van der Waals surface area (Å²) < 4.78 is 5.11. The maximum absolute atomic E-state index is 11.8. The molecule has 0 rings (SSSR count). The molecule has 0 aromatic rings. The summed E-state index contributed by atoms with van der Waals surface area (Å²) in [6, 6.07) is 0. The Morgan fingerprint density at radius 3 is 1.64 bits per heavy atom. The fourth-order valence-electron chi connectivity index (χ4n) is 2.56. The second-order valence-electron chi connectivity index (χ2n) is 6.13. The molecular formula is C19H39NO2. The third-order valence-electron chi connectivity index (χ3n) is 3.91. The predicted octanol–water partition coefficient (Wildman–Crippen LogP) is 6.36. The Hall–Kier alpha value is -0.830. The largest absolute Gasteiger partial charge is 0.463 e. The summed E-state index contributed by atoms with van der Waals surface area (Å²) >= 11 is 0. The second kappa shape index (κ2) is 16.5. The van der Waals surface area contributed by atoms with Gasteiger partial charge in [-0.3, -0.25) is 0 Å². The molecule has 132 valence electrons. The monoisotopic (exact) mass is 313 g/mol. The molecule has 0 heterocycles. The molecule has 0 atom stereocenters. The van der Waals surface area contributed by atoms with Crippen LogP contribution >= 0.6 is 0 Å². The van der Waals surface area contributed by atoms with Gasteiger partial charge >= 0.3 is 5.97 Å². The van der Waals surface area contributed by atoms with E-state index in [2.05, 4.69) is 6.92 Å². The molecule has 0 radical (unpaired) electrons. The number of unbranched alkanes of at least 4 members (excludes halogenated alkanes) is 9. The van der Waals surface area contributed by atoms with Gasteiger partial charge in [-0.25, -0.2) is 4.79 Å². The minimum atomic E-state index is -0.117. The van der Waals surface area contributed by atoms with Gasteiger partial charge in [0.05, 0.1) is 6.61 Å². The SMILES string of the molecule is CCCCCCCCCCCCC(C(=O)OCC)=C(C)C.N. The van der Waals surface area contributed by atoms with Crippen molar-refractivity contribution in [2.75, 3.05) is 6.61 Å². The highest BCUT2D eigenvalue weighted by Crippen LogP contribution is 2.17. The normalized spacial score (nSPS) is 10.0. The minimum Gasteiger partial charge on any atom is -0.463 e. The Balaban J connectivity index is 0. The van der Waals surface area contributed by atoms with E-state index in [1.807, 2.05) is 20.8 Å². The van der Waals surface area contributed by atoms with E-state index < -0.39 is 0 Å². The van der Waals surface area contributed by atoms with Gasteiger partial charge in [-0.15, -0.1) is 0 Å². The van der Waals surface area contributed by atoms with E-state index in [1.165, 1.54) is 57.8 Å². The summed E-state index contributed by atoms with van der Waals surface area (Å²) in [6.07, 6.45) is 14.1. The molecule has 0 bridgehead atoms. The zero-order chi connectivity index (χ0) is 15.9. The topological polar surface area (TPSA) is 61.3 Å². The van der Waals surface area contributed by atoms with Crippen LogP contribution < -0.4 is 6.15 Å². The predicted molar refractivity (Wildman–Crippen MR) is 96.5 cm³/mol. The van der Waals surface area contributed by atoms with Gasteiger partial charge < -0.3 is 10.9 Å². The van der Waals surface area contributed by atoms with Crippen molar-refractivity contribution in [1.29, 1.82) is 0 Å². The van der Waals surface area contributed by atoms with E-state index in [1.54, 1.807) is 0 Å². The van der Waals surface area contributed by atoms with Crippen LogP contribution in [0.5, 0.6) is 0 Å². The molecule has 3 nitrogen and oxygen atoms in total. The van der Waals surface area contributed by atoms with E-state index in [0.29, 0.717) is 6.61 Å². The first-order valence-corrected chi connectivity index (χ1v) is 8.96. The molecule has 3 heteroatoms. The van der Waals surface area contributed by atoms with Crippen LogP contribution in [0.3, 0.4) is 0 Å². The molecule has 0 saturated carbocycles.